The van der Waals surface area contributed by atoms with Gasteiger partial charge in [0.15, 0.2) is 0 Å². The zero-order chi connectivity index (χ0) is 25.1. The Morgan fingerprint density at radius 1 is 0.853 bits per heavy atom. The average Bonchev–Trinajstić information content (AvgIpc) is 2.74. The minimum atomic E-state index is -0.496. The lowest BCUT2D eigenvalue weighted by atomic mass is 9.33. The molecule has 5 aliphatic carbocycles. The number of hydrogen-bond donors (Lipinski definition) is 2. The van der Waals surface area contributed by atoms with Gasteiger partial charge in [-0.2, -0.15) is 0 Å². The molecule has 0 bridgehead atoms. The molecule has 4 saturated carbocycles. The molecular weight excluding hydrogens is 420 g/mol. The molecule has 5 aliphatic rings. The molecule has 1 unspecified atom stereocenters. The van der Waals surface area contributed by atoms with Crippen molar-refractivity contribution in [1.82, 2.24) is 0 Å². The molecule has 0 aromatic rings. The van der Waals surface area contributed by atoms with Gasteiger partial charge in [-0.25, -0.2) is 0 Å². The van der Waals surface area contributed by atoms with Crippen LogP contribution < -0.4 is 0 Å². The maximum atomic E-state index is 11.7. The molecule has 34 heavy (non-hydrogen) atoms. The summed E-state index contributed by atoms with van der Waals surface area (Å²) in [7, 11) is 1.89. The summed E-state index contributed by atoms with van der Waals surface area (Å²) in [6.45, 7) is 19.5. The first-order valence-corrected chi connectivity index (χ1v) is 14.2. The van der Waals surface area contributed by atoms with E-state index in [0.29, 0.717) is 23.2 Å². The summed E-state index contributed by atoms with van der Waals surface area (Å²) in [5.74, 6) is 1.17. The highest BCUT2D eigenvalue weighted by Crippen LogP contribution is 2.75. The van der Waals surface area contributed by atoms with Crippen LogP contribution in [0.15, 0.2) is 11.6 Å². The molecule has 0 aromatic heterocycles. The van der Waals surface area contributed by atoms with E-state index in [0.717, 1.165) is 12.8 Å². The van der Waals surface area contributed by atoms with Crippen molar-refractivity contribution >= 4 is 0 Å². The molecule has 3 heteroatoms. The highest BCUT2D eigenvalue weighted by Gasteiger charge is 2.71. The van der Waals surface area contributed by atoms with Crippen LogP contribution in [0.25, 0.3) is 0 Å². The fourth-order valence-electron chi connectivity index (χ4n) is 10.7. The second-order valence-electron chi connectivity index (χ2n) is 15.7. The molecule has 0 heterocycles. The monoisotopic (exact) mass is 472 g/mol. The number of fused-ring (bicyclic) bond motifs is 7. The van der Waals surface area contributed by atoms with Gasteiger partial charge in [-0.1, -0.05) is 67.0 Å². The Hall–Kier alpha value is -0.380. The fourth-order valence-corrected chi connectivity index (χ4v) is 10.7. The summed E-state index contributed by atoms with van der Waals surface area (Å²) in [4.78, 5) is 0. The van der Waals surface area contributed by atoms with E-state index in [4.69, 9.17) is 4.74 Å². The van der Waals surface area contributed by atoms with Gasteiger partial charge in [-0.3, -0.25) is 0 Å². The quantitative estimate of drug-likeness (QED) is 0.414. The van der Waals surface area contributed by atoms with E-state index in [9.17, 15) is 10.2 Å². The van der Waals surface area contributed by atoms with Gasteiger partial charge in [-0.15, -0.1) is 0 Å². The summed E-state index contributed by atoms with van der Waals surface area (Å²) >= 11 is 0. The molecule has 0 saturated heterocycles. The number of allylic oxidation sites excluding steroid dienone is 1. The van der Waals surface area contributed by atoms with E-state index in [1.54, 1.807) is 5.57 Å². The largest absolute Gasteiger partial charge is 0.392 e. The topological polar surface area (TPSA) is 49.7 Å². The van der Waals surface area contributed by atoms with Crippen molar-refractivity contribution in [3.8, 4) is 0 Å². The maximum Gasteiger partial charge on any atom is 0.0794 e. The highest BCUT2D eigenvalue weighted by atomic mass is 16.5. The molecule has 0 aliphatic heterocycles. The number of aliphatic hydroxyl groups is 2. The molecule has 2 N–H and O–H groups in total. The molecule has 10 atom stereocenters. The smallest absolute Gasteiger partial charge is 0.0794 e. The lowest BCUT2D eigenvalue weighted by molar-refractivity contribution is -0.262. The lowest BCUT2D eigenvalue weighted by Gasteiger charge is -2.73. The van der Waals surface area contributed by atoms with Gasteiger partial charge in [-0.05, 0) is 83.9 Å². The maximum absolute atomic E-state index is 11.7. The standard InChI is InChI=1S/C31H52O3/c1-26(2)12-13-28(5)14-15-29(6)19(20(28)18-26)16-21(34-9)25-30(29,7)11-10-22-27(3,4)23(32)17-24(33)31(22,25)8/h16,20-25,32-33H,10-15,17-18H2,1-9H3/t20-,21?,22-,23-,24-,25-,28+,29+,30+,31+/m0/s1. The first-order chi connectivity index (χ1) is 15.6. The van der Waals surface area contributed by atoms with Crippen LogP contribution in [-0.2, 0) is 4.74 Å². The van der Waals surface area contributed by atoms with Crippen LogP contribution in [-0.4, -0.2) is 35.6 Å². The normalized spacial score (nSPS) is 55.8. The van der Waals surface area contributed by atoms with Crippen LogP contribution in [0, 0.1) is 50.2 Å². The number of hydrogen-bond acceptors (Lipinski definition) is 3. The highest BCUT2D eigenvalue weighted by molar-refractivity contribution is 5.36. The van der Waals surface area contributed by atoms with Crippen LogP contribution >= 0.6 is 0 Å². The van der Waals surface area contributed by atoms with Crippen LogP contribution in [0.2, 0.25) is 0 Å². The van der Waals surface area contributed by atoms with E-state index in [1.165, 1.54) is 32.1 Å². The van der Waals surface area contributed by atoms with E-state index >= 15 is 0 Å². The van der Waals surface area contributed by atoms with Gasteiger partial charge in [0.05, 0.1) is 18.3 Å². The second kappa shape index (κ2) is 7.35. The van der Waals surface area contributed by atoms with Crippen LogP contribution in [0.5, 0.6) is 0 Å². The zero-order valence-electron chi connectivity index (χ0n) is 23.5. The number of methoxy groups -OCH3 is 1. The van der Waals surface area contributed by atoms with Gasteiger partial charge >= 0.3 is 0 Å². The zero-order valence-corrected chi connectivity index (χ0v) is 23.5. The van der Waals surface area contributed by atoms with Crippen LogP contribution in [0.4, 0.5) is 0 Å². The number of aliphatic hydroxyl groups excluding tert-OH is 2. The SMILES string of the molecule is COC1C=C2[C@@H]3CC(C)(C)CC[C@]3(C)CC[C@@]2(C)[C@]2(C)CC[C@H]3C(C)(C)[C@@H](O)C[C@H](O)[C@]3(C)[C@@H]12. The van der Waals surface area contributed by atoms with Crippen molar-refractivity contribution in [2.24, 2.45) is 50.2 Å². The lowest BCUT2D eigenvalue weighted by Crippen LogP contribution is -2.70. The van der Waals surface area contributed by atoms with Gasteiger partial charge in [0.25, 0.3) is 0 Å². The molecule has 0 amide bonds. The van der Waals surface area contributed by atoms with Crippen LogP contribution in [0.1, 0.15) is 107 Å². The molecule has 0 aromatic carbocycles. The predicted octanol–water partition coefficient (Wildman–Crippen LogP) is 6.76. The Morgan fingerprint density at radius 3 is 2.15 bits per heavy atom. The summed E-state index contributed by atoms with van der Waals surface area (Å²) in [6, 6.07) is 0. The molecule has 0 radical (unpaired) electrons. The molecular formula is C31H52O3. The van der Waals surface area contributed by atoms with Crippen molar-refractivity contribution in [2.45, 2.75) is 125 Å². The van der Waals surface area contributed by atoms with Crippen molar-refractivity contribution in [1.29, 1.82) is 0 Å². The third-order valence-electron chi connectivity index (χ3n) is 13.4. The molecule has 5 rings (SSSR count). The fraction of sp³-hybridized carbons (Fsp3) is 0.935. The Morgan fingerprint density at radius 2 is 1.50 bits per heavy atom. The third kappa shape index (κ3) is 2.99. The second-order valence-corrected chi connectivity index (χ2v) is 15.7. The number of rotatable bonds is 1. The summed E-state index contributed by atoms with van der Waals surface area (Å²) < 4.78 is 6.39. The minimum Gasteiger partial charge on any atom is -0.392 e. The van der Waals surface area contributed by atoms with Gasteiger partial charge in [0, 0.05) is 24.9 Å². The van der Waals surface area contributed by atoms with Crippen molar-refractivity contribution in [2.75, 3.05) is 7.11 Å². The first kappa shape index (κ1) is 25.3. The summed E-state index contributed by atoms with van der Waals surface area (Å²) in [5.41, 5.74) is 2.23. The summed E-state index contributed by atoms with van der Waals surface area (Å²) in [6.07, 6.45) is 10.9. The van der Waals surface area contributed by atoms with E-state index in [1.807, 2.05) is 7.11 Å². The van der Waals surface area contributed by atoms with E-state index in [-0.39, 0.29) is 39.6 Å². The minimum absolute atomic E-state index is 0.0222. The Kier molecular flexibility index (Phi) is 5.46. The Bertz CT molecular complexity index is 874. The Balaban J connectivity index is 1.67. The molecule has 3 nitrogen and oxygen atoms in total. The number of ether oxygens (including phenoxy) is 1. The predicted molar refractivity (Wildman–Crippen MR) is 138 cm³/mol. The first-order valence-electron chi connectivity index (χ1n) is 14.2. The van der Waals surface area contributed by atoms with Gasteiger partial charge < -0.3 is 14.9 Å². The third-order valence-corrected chi connectivity index (χ3v) is 13.4. The summed E-state index contributed by atoms with van der Waals surface area (Å²) in [5, 5.41) is 22.7. The van der Waals surface area contributed by atoms with Gasteiger partial charge in [0.1, 0.15) is 0 Å². The van der Waals surface area contributed by atoms with Crippen LogP contribution in [0.3, 0.4) is 0 Å². The van der Waals surface area contributed by atoms with Crippen molar-refractivity contribution < 1.29 is 14.9 Å². The average molecular weight is 473 g/mol. The molecule has 0 spiro atoms. The van der Waals surface area contributed by atoms with Crippen molar-refractivity contribution in [3.05, 3.63) is 11.6 Å². The molecule has 4 fully saturated rings. The van der Waals surface area contributed by atoms with Gasteiger partial charge in [0.2, 0.25) is 0 Å². The van der Waals surface area contributed by atoms with E-state index in [2.05, 4.69) is 61.5 Å². The van der Waals surface area contributed by atoms with Crippen molar-refractivity contribution in [3.63, 3.8) is 0 Å². The van der Waals surface area contributed by atoms with E-state index < -0.39 is 12.2 Å². The molecule has 194 valence electrons. The Labute approximate surface area is 209 Å².